The Labute approximate surface area is 88.5 Å². The van der Waals surface area contributed by atoms with Gasteiger partial charge in [-0.3, -0.25) is 4.79 Å². The van der Waals surface area contributed by atoms with Gasteiger partial charge in [0.05, 0.1) is 17.1 Å². The summed E-state index contributed by atoms with van der Waals surface area (Å²) in [6.07, 6.45) is 0. The number of carbonyl (C=O) groups is 1. The Bertz CT molecular complexity index is 350. The number of ketones is 1. The monoisotopic (exact) mass is 212 g/mol. The topological polar surface area (TPSA) is 46.3 Å². The van der Waals surface area contributed by atoms with Gasteiger partial charge in [0.25, 0.3) is 0 Å². The smallest absolute Gasteiger partial charge is 0.179 e. The maximum absolute atomic E-state index is 11.5. The van der Waals surface area contributed by atoms with Crippen molar-refractivity contribution >= 4 is 23.1 Å². The molecule has 0 bridgehead atoms. The van der Waals surface area contributed by atoms with E-state index in [1.54, 1.807) is 6.07 Å². The predicted molar refractivity (Wildman–Crippen MR) is 59.2 cm³/mol. The molecule has 0 aliphatic carbocycles. The largest absolute Gasteiger partial charge is 0.377 e. The van der Waals surface area contributed by atoms with Crippen molar-refractivity contribution in [2.24, 2.45) is 5.73 Å². The van der Waals surface area contributed by atoms with Gasteiger partial charge in [-0.05, 0) is 12.1 Å². The molecule has 0 unspecified atom stereocenters. The minimum absolute atomic E-state index is 0.0232. The van der Waals surface area contributed by atoms with Crippen LogP contribution in [0.4, 0.5) is 5.69 Å². The van der Waals surface area contributed by atoms with Crippen LogP contribution in [0.25, 0.3) is 0 Å². The fraction of sp³-hybridized carbons (Fsp3) is 0.300. The summed E-state index contributed by atoms with van der Waals surface area (Å²) in [6.45, 7) is -0.0232. The number of nitrogens with zero attached hydrogens (tertiary/aromatic N) is 1. The maximum Gasteiger partial charge on any atom is 0.179 e. The van der Waals surface area contributed by atoms with E-state index in [1.165, 1.54) is 0 Å². The first-order valence-corrected chi connectivity index (χ1v) is 4.64. The van der Waals surface area contributed by atoms with E-state index in [0.29, 0.717) is 10.6 Å². The third kappa shape index (κ3) is 2.05. The summed E-state index contributed by atoms with van der Waals surface area (Å²) < 4.78 is 0. The number of benzene rings is 1. The lowest BCUT2D eigenvalue weighted by Gasteiger charge is -2.17. The minimum Gasteiger partial charge on any atom is -0.377 e. The lowest BCUT2D eigenvalue weighted by molar-refractivity contribution is 0.100. The number of nitrogens with two attached hydrogens (primary N) is 1. The summed E-state index contributed by atoms with van der Waals surface area (Å²) in [5, 5.41) is 0.451. The first-order valence-electron chi connectivity index (χ1n) is 4.27. The van der Waals surface area contributed by atoms with Crippen molar-refractivity contribution in [3.63, 3.8) is 0 Å². The first-order chi connectivity index (χ1) is 6.57. The van der Waals surface area contributed by atoms with Crippen molar-refractivity contribution in [3.8, 4) is 0 Å². The van der Waals surface area contributed by atoms with E-state index in [0.717, 1.165) is 5.69 Å². The average molecular weight is 213 g/mol. The lowest BCUT2D eigenvalue weighted by Crippen LogP contribution is -2.19. The molecule has 1 aromatic rings. The number of carbonyl (C=O) groups excluding carboxylic acids is 1. The molecular weight excluding hydrogens is 200 g/mol. The SMILES string of the molecule is CN(C)c1cccc(Cl)c1C(=O)CN. The molecule has 0 radical (unpaired) electrons. The molecule has 0 saturated heterocycles. The van der Waals surface area contributed by atoms with Crippen molar-refractivity contribution in [1.82, 2.24) is 0 Å². The fourth-order valence-corrected chi connectivity index (χ4v) is 1.54. The van der Waals surface area contributed by atoms with Gasteiger partial charge in [-0.15, -0.1) is 0 Å². The van der Waals surface area contributed by atoms with Gasteiger partial charge in [-0.25, -0.2) is 0 Å². The molecule has 0 heterocycles. The molecular formula is C10H13ClN2O. The Morgan fingerprint density at radius 2 is 2.14 bits per heavy atom. The van der Waals surface area contributed by atoms with Crippen LogP contribution >= 0.6 is 11.6 Å². The standard InChI is InChI=1S/C10H13ClN2O/c1-13(2)8-5-3-4-7(11)10(8)9(14)6-12/h3-5H,6,12H2,1-2H3. The summed E-state index contributed by atoms with van der Waals surface area (Å²) in [4.78, 5) is 13.4. The third-order valence-electron chi connectivity index (χ3n) is 1.94. The highest BCUT2D eigenvalue weighted by atomic mass is 35.5. The van der Waals surface area contributed by atoms with Crippen molar-refractivity contribution in [3.05, 3.63) is 28.8 Å². The zero-order valence-corrected chi connectivity index (χ0v) is 9.01. The Hall–Kier alpha value is -1.06. The Morgan fingerprint density at radius 1 is 1.50 bits per heavy atom. The summed E-state index contributed by atoms with van der Waals surface area (Å²) in [7, 11) is 3.72. The van der Waals surface area contributed by atoms with Crippen LogP contribution in [0, 0.1) is 0 Å². The van der Waals surface area contributed by atoms with E-state index in [4.69, 9.17) is 17.3 Å². The van der Waals surface area contributed by atoms with Crippen LogP contribution in [0.3, 0.4) is 0 Å². The Kier molecular flexibility index (Phi) is 3.49. The second kappa shape index (κ2) is 4.44. The van der Waals surface area contributed by atoms with Crippen molar-refractivity contribution < 1.29 is 4.79 Å². The lowest BCUT2D eigenvalue weighted by atomic mass is 10.1. The van der Waals surface area contributed by atoms with Crippen LogP contribution in [0.15, 0.2) is 18.2 Å². The van der Waals surface area contributed by atoms with E-state index in [-0.39, 0.29) is 12.3 Å². The van der Waals surface area contributed by atoms with E-state index < -0.39 is 0 Å². The quantitative estimate of drug-likeness (QED) is 0.774. The molecule has 2 N–H and O–H groups in total. The molecule has 0 amide bonds. The molecule has 0 saturated carbocycles. The molecule has 0 aliphatic rings. The van der Waals surface area contributed by atoms with Crippen molar-refractivity contribution in [2.45, 2.75) is 0 Å². The molecule has 1 rings (SSSR count). The van der Waals surface area contributed by atoms with Gasteiger partial charge in [0.1, 0.15) is 0 Å². The highest BCUT2D eigenvalue weighted by Crippen LogP contribution is 2.26. The van der Waals surface area contributed by atoms with Gasteiger partial charge in [-0.1, -0.05) is 17.7 Å². The van der Waals surface area contributed by atoms with Gasteiger partial charge in [0.2, 0.25) is 0 Å². The fourth-order valence-electron chi connectivity index (χ4n) is 1.26. The Balaban J connectivity index is 3.29. The van der Waals surface area contributed by atoms with Crippen LogP contribution in [-0.2, 0) is 0 Å². The third-order valence-corrected chi connectivity index (χ3v) is 2.25. The minimum atomic E-state index is -0.140. The van der Waals surface area contributed by atoms with E-state index in [2.05, 4.69) is 0 Å². The highest BCUT2D eigenvalue weighted by Gasteiger charge is 2.14. The summed E-state index contributed by atoms with van der Waals surface area (Å²) in [5.41, 5.74) is 6.62. The molecule has 0 atom stereocenters. The number of Topliss-reactive ketones (excluding diaryl/α,β-unsaturated/α-hetero) is 1. The van der Waals surface area contributed by atoms with Gasteiger partial charge in [0, 0.05) is 19.8 Å². The summed E-state index contributed by atoms with van der Waals surface area (Å²) in [5.74, 6) is -0.140. The molecule has 14 heavy (non-hydrogen) atoms. The van der Waals surface area contributed by atoms with Crippen LogP contribution < -0.4 is 10.6 Å². The first kappa shape index (κ1) is 11.0. The molecule has 4 heteroatoms. The van der Waals surface area contributed by atoms with Crippen molar-refractivity contribution in [2.75, 3.05) is 25.5 Å². The number of rotatable bonds is 3. The van der Waals surface area contributed by atoms with Crippen LogP contribution in [0.1, 0.15) is 10.4 Å². The van der Waals surface area contributed by atoms with Gasteiger partial charge >= 0.3 is 0 Å². The van der Waals surface area contributed by atoms with E-state index in [1.807, 2.05) is 31.1 Å². The number of halogens is 1. The van der Waals surface area contributed by atoms with Crippen LogP contribution in [-0.4, -0.2) is 26.4 Å². The van der Waals surface area contributed by atoms with Gasteiger partial charge in [-0.2, -0.15) is 0 Å². The molecule has 0 aromatic heterocycles. The zero-order valence-electron chi connectivity index (χ0n) is 8.25. The number of hydrogen-bond donors (Lipinski definition) is 1. The molecule has 3 nitrogen and oxygen atoms in total. The second-order valence-corrected chi connectivity index (χ2v) is 3.56. The predicted octanol–water partition coefficient (Wildman–Crippen LogP) is 1.55. The van der Waals surface area contributed by atoms with E-state index >= 15 is 0 Å². The second-order valence-electron chi connectivity index (χ2n) is 3.16. The molecule has 0 fully saturated rings. The maximum atomic E-state index is 11.5. The zero-order chi connectivity index (χ0) is 10.7. The normalized spacial score (nSPS) is 10.0. The molecule has 1 aromatic carbocycles. The van der Waals surface area contributed by atoms with Crippen LogP contribution in [0.5, 0.6) is 0 Å². The molecule has 0 spiro atoms. The molecule has 76 valence electrons. The molecule has 0 aliphatic heterocycles. The number of anilines is 1. The van der Waals surface area contributed by atoms with E-state index in [9.17, 15) is 4.79 Å². The summed E-state index contributed by atoms with van der Waals surface area (Å²) >= 11 is 5.94. The van der Waals surface area contributed by atoms with Gasteiger partial charge in [0.15, 0.2) is 5.78 Å². The van der Waals surface area contributed by atoms with Crippen LogP contribution in [0.2, 0.25) is 5.02 Å². The van der Waals surface area contributed by atoms with Crippen molar-refractivity contribution in [1.29, 1.82) is 0 Å². The summed E-state index contributed by atoms with van der Waals surface area (Å²) in [6, 6.07) is 5.34. The Morgan fingerprint density at radius 3 is 2.64 bits per heavy atom. The number of hydrogen-bond acceptors (Lipinski definition) is 3. The highest BCUT2D eigenvalue weighted by molar-refractivity contribution is 6.34. The average Bonchev–Trinajstić information content (AvgIpc) is 2.16. The van der Waals surface area contributed by atoms with Gasteiger partial charge < -0.3 is 10.6 Å².